The molecule has 2 aromatic heterocycles. The van der Waals surface area contributed by atoms with Crippen LogP contribution in [0.25, 0.3) is 11.0 Å². The van der Waals surface area contributed by atoms with Gasteiger partial charge in [-0.25, -0.2) is 0 Å². The van der Waals surface area contributed by atoms with Gasteiger partial charge in [0.05, 0.1) is 11.7 Å². The summed E-state index contributed by atoms with van der Waals surface area (Å²) >= 11 is 0. The lowest BCUT2D eigenvalue weighted by Gasteiger charge is -1.95. The zero-order chi connectivity index (χ0) is 9.68. The molecule has 70 valence electrons. The van der Waals surface area contributed by atoms with E-state index in [1.54, 1.807) is 12.4 Å². The zero-order valence-corrected chi connectivity index (χ0v) is 8.36. The smallest absolute Gasteiger partial charge is 0.108 e. The molecule has 2 heterocycles. The van der Waals surface area contributed by atoms with E-state index < -0.39 is 0 Å². The van der Waals surface area contributed by atoms with E-state index in [0.717, 1.165) is 17.6 Å². The van der Waals surface area contributed by atoms with Crippen molar-refractivity contribution < 1.29 is 0 Å². The van der Waals surface area contributed by atoms with E-state index in [9.17, 15) is 0 Å². The summed E-state index contributed by atoms with van der Waals surface area (Å²) in [4.78, 5) is 4.17. The fraction of sp³-hybridized carbons (Fsp3) is 0.400. The second-order valence-corrected chi connectivity index (χ2v) is 2.37. The Hall–Kier alpha value is -1.38. The number of nitrogens with zero attached hydrogens (tertiary/aromatic N) is 3. The lowest BCUT2D eigenvalue weighted by atomic mass is 10.4. The first kappa shape index (κ1) is 9.71. The highest BCUT2D eigenvalue weighted by Gasteiger charge is 1.98. The van der Waals surface area contributed by atoms with Crippen molar-refractivity contribution in [1.82, 2.24) is 14.8 Å². The fourth-order valence-corrected chi connectivity index (χ4v) is 1.17. The standard InChI is InChI=1S/C8H9N3.C2H6/c1-2-11-8-4-3-5-9-7(8)6-10-11;1-2/h3-6H,2H2,1H3;1-2H3. The van der Waals surface area contributed by atoms with Crippen molar-refractivity contribution in [1.29, 1.82) is 0 Å². The van der Waals surface area contributed by atoms with Gasteiger partial charge in [0.25, 0.3) is 0 Å². The average Bonchev–Trinajstić information content (AvgIpc) is 2.64. The van der Waals surface area contributed by atoms with E-state index in [4.69, 9.17) is 0 Å². The van der Waals surface area contributed by atoms with Gasteiger partial charge in [-0.2, -0.15) is 5.10 Å². The number of hydrogen-bond donors (Lipinski definition) is 0. The minimum absolute atomic E-state index is 0.898. The second-order valence-electron chi connectivity index (χ2n) is 2.37. The number of hydrogen-bond acceptors (Lipinski definition) is 2. The predicted molar refractivity (Wildman–Crippen MR) is 54.6 cm³/mol. The van der Waals surface area contributed by atoms with Crippen molar-refractivity contribution in [3.63, 3.8) is 0 Å². The van der Waals surface area contributed by atoms with E-state index in [-0.39, 0.29) is 0 Å². The van der Waals surface area contributed by atoms with Crippen LogP contribution in [0.15, 0.2) is 24.5 Å². The highest BCUT2D eigenvalue weighted by Crippen LogP contribution is 2.08. The van der Waals surface area contributed by atoms with Gasteiger partial charge in [-0.1, -0.05) is 13.8 Å². The first-order valence-electron chi connectivity index (χ1n) is 4.68. The summed E-state index contributed by atoms with van der Waals surface area (Å²) in [7, 11) is 0. The SMILES string of the molecule is CC.CCn1ncc2ncccc21. The van der Waals surface area contributed by atoms with Crippen LogP contribution >= 0.6 is 0 Å². The Balaban J connectivity index is 0.000000396. The molecule has 0 unspecified atom stereocenters. The normalized spacial score (nSPS) is 9.46. The largest absolute Gasteiger partial charge is 0.264 e. The topological polar surface area (TPSA) is 30.7 Å². The van der Waals surface area contributed by atoms with Crippen LogP contribution in [0, 0.1) is 0 Å². The van der Waals surface area contributed by atoms with Gasteiger partial charge in [-0.15, -0.1) is 0 Å². The highest BCUT2D eigenvalue weighted by molar-refractivity contribution is 5.73. The molecule has 13 heavy (non-hydrogen) atoms. The Morgan fingerprint density at radius 2 is 2.15 bits per heavy atom. The molecule has 0 aliphatic heterocycles. The van der Waals surface area contributed by atoms with Gasteiger partial charge in [0.15, 0.2) is 0 Å². The fourth-order valence-electron chi connectivity index (χ4n) is 1.17. The Bertz CT molecular complexity index is 365. The molecule has 0 atom stereocenters. The van der Waals surface area contributed by atoms with Crippen LogP contribution < -0.4 is 0 Å². The Labute approximate surface area is 78.4 Å². The van der Waals surface area contributed by atoms with Gasteiger partial charge in [0.2, 0.25) is 0 Å². The number of rotatable bonds is 1. The number of aryl methyl sites for hydroxylation is 1. The van der Waals surface area contributed by atoms with E-state index >= 15 is 0 Å². The third-order valence-electron chi connectivity index (χ3n) is 1.71. The summed E-state index contributed by atoms with van der Waals surface area (Å²) in [6.07, 6.45) is 3.57. The highest BCUT2D eigenvalue weighted by atomic mass is 15.3. The molecule has 0 radical (unpaired) electrons. The summed E-state index contributed by atoms with van der Waals surface area (Å²) in [5.74, 6) is 0. The molecule has 2 rings (SSSR count). The third kappa shape index (κ3) is 1.86. The molecule has 0 bridgehead atoms. The zero-order valence-electron chi connectivity index (χ0n) is 8.36. The van der Waals surface area contributed by atoms with Crippen molar-refractivity contribution in [2.24, 2.45) is 0 Å². The minimum Gasteiger partial charge on any atom is -0.264 e. The van der Waals surface area contributed by atoms with E-state index in [1.807, 2.05) is 30.7 Å². The van der Waals surface area contributed by atoms with Gasteiger partial charge in [0.1, 0.15) is 5.52 Å². The molecule has 0 fully saturated rings. The van der Waals surface area contributed by atoms with Crippen molar-refractivity contribution in [3.8, 4) is 0 Å². The van der Waals surface area contributed by atoms with Crippen LogP contribution in [0.3, 0.4) is 0 Å². The van der Waals surface area contributed by atoms with E-state index in [2.05, 4.69) is 17.0 Å². The molecular weight excluding hydrogens is 162 g/mol. The molecule has 0 saturated carbocycles. The summed E-state index contributed by atoms with van der Waals surface area (Å²) < 4.78 is 1.93. The van der Waals surface area contributed by atoms with Gasteiger partial charge >= 0.3 is 0 Å². The molecule has 0 spiro atoms. The Morgan fingerprint density at radius 3 is 2.85 bits per heavy atom. The second kappa shape index (κ2) is 4.60. The van der Waals surface area contributed by atoms with Gasteiger partial charge in [-0.05, 0) is 19.1 Å². The molecule has 0 N–H and O–H groups in total. The van der Waals surface area contributed by atoms with Crippen LogP contribution in [0.5, 0.6) is 0 Å². The summed E-state index contributed by atoms with van der Waals surface area (Å²) in [6, 6.07) is 3.95. The number of aromatic nitrogens is 3. The molecule has 0 amide bonds. The van der Waals surface area contributed by atoms with Crippen LogP contribution in [0.2, 0.25) is 0 Å². The average molecular weight is 177 g/mol. The maximum absolute atomic E-state index is 4.17. The van der Waals surface area contributed by atoms with Crippen molar-refractivity contribution in [2.45, 2.75) is 27.3 Å². The maximum Gasteiger partial charge on any atom is 0.108 e. The minimum atomic E-state index is 0.898. The summed E-state index contributed by atoms with van der Waals surface area (Å²) in [5.41, 5.74) is 2.07. The molecule has 0 aromatic carbocycles. The summed E-state index contributed by atoms with van der Waals surface area (Å²) in [6.45, 7) is 6.97. The molecule has 3 heteroatoms. The quantitative estimate of drug-likeness (QED) is 0.670. The number of pyridine rings is 1. The lowest BCUT2D eigenvalue weighted by Crippen LogP contribution is -1.94. The molecule has 2 aromatic rings. The van der Waals surface area contributed by atoms with Crippen LogP contribution in [0.1, 0.15) is 20.8 Å². The predicted octanol–water partition coefficient (Wildman–Crippen LogP) is 2.48. The van der Waals surface area contributed by atoms with Crippen molar-refractivity contribution >= 4 is 11.0 Å². The molecular formula is C10H15N3. The van der Waals surface area contributed by atoms with Crippen LogP contribution in [-0.4, -0.2) is 14.8 Å². The Morgan fingerprint density at radius 1 is 1.38 bits per heavy atom. The van der Waals surface area contributed by atoms with Crippen LogP contribution in [-0.2, 0) is 6.54 Å². The van der Waals surface area contributed by atoms with Gasteiger partial charge in [0, 0.05) is 12.7 Å². The van der Waals surface area contributed by atoms with Crippen molar-refractivity contribution in [2.75, 3.05) is 0 Å². The van der Waals surface area contributed by atoms with E-state index in [0.29, 0.717) is 0 Å². The molecule has 0 saturated heterocycles. The molecule has 3 nitrogen and oxygen atoms in total. The molecule has 0 aliphatic carbocycles. The molecule has 0 aliphatic rings. The first-order chi connectivity index (χ1) is 6.42. The van der Waals surface area contributed by atoms with Gasteiger partial charge in [-0.3, -0.25) is 9.67 Å². The van der Waals surface area contributed by atoms with Gasteiger partial charge < -0.3 is 0 Å². The van der Waals surface area contributed by atoms with E-state index in [1.165, 1.54) is 0 Å². The maximum atomic E-state index is 4.17. The van der Waals surface area contributed by atoms with Crippen LogP contribution in [0.4, 0.5) is 0 Å². The summed E-state index contributed by atoms with van der Waals surface area (Å²) in [5, 5.41) is 4.17. The monoisotopic (exact) mass is 177 g/mol. The van der Waals surface area contributed by atoms with Crippen molar-refractivity contribution in [3.05, 3.63) is 24.5 Å². The third-order valence-corrected chi connectivity index (χ3v) is 1.71. The first-order valence-corrected chi connectivity index (χ1v) is 4.68. The number of fused-ring (bicyclic) bond motifs is 1. The Kier molecular flexibility index (Phi) is 3.43. The lowest BCUT2D eigenvalue weighted by molar-refractivity contribution is 0.684.